The van der Waals surface area contributed by atoms with Crippen molar-refractivity contribution in [3.05, 3.63) is 107 Å². The molecule has 2 atom stereocenters. The molecular weight excluding hydrogens is 579 g/mol. The highest BCUT2D eigenvalue weighted by Gasteiger charge is 2.62. The summed E-state index contributed by atoms with van der Waals surface area (Å²) in [6.45, 7) is 21.7. The van der Waals surface area contributed by atoms with E-state index in [2.05, 4.69) is 157 Å². The average molecular weight is 629 g/mol. The van der Waals surface area contributed by atoms with Crippen molar-refractivity contribution in [3.63, 3.8) is 0 Å². The molecule has 0 radical (unpaired) electrons. The highest BCUT2D eigenvalue weighted by Crippen LogP contribution is 2.62. The number of hydrogen-bond acceptors (Lipinski definition) is 2. The van der Waals surface area contributed by atoms with Crippen molar-refractivity contribution in [1.82, 2.24) is 0 Å². The summed E-state index contributed by atoms with van der Waals surface area (Å²) in [5.41, 5.74) is 17.2. The van der Waals surface area contributed by atoms with E-state index < -0.39 is 0 Å². The lowest BCUT2D eigenvalue weighted by molar-refractivity contribution is 0.195. The van der Waals surface area contributed by atoms with E-state index in [0.29, 0.717) is 0 Å². The lowest BCUT2D eigenvalue weighted by Gasteiger charge is -2.53. The van der Waals surface area contributed by atoms with Crippen LogP contribution in [0.25, 0.3) is 21.9 Å². The van der Waals surface area contributed by atoms with Crippen molar-refractivity contribution in [3.8, 4) is 11.1 Å². The zero-order valence-corrected chi connectivity index (χ0v) is 30.4. The summed E-state index contributed by atoms with van der Waals surface area (Å²) in [6.07, 6.45) is 5.04. The van der Waals surface area contributed by atoms with E-state index in [1.54, 1.807) is 5.56 Å². The van der Waals surface area contributed by atoms with Crippen LogP contribution >= 0.6 is 0 Å². The topological polar surface area (TPSA) is 6.48 Å². The van der Waals surface area contributed by atoms with Gasteiger partial charge in [0.15, 0.2) is 0 Å². The minimum Gasteiger partial charge on any atom is -0.376 e. The largest absolute Gasteiger partial charge is 0.376 e. The minimum atomic E-state index is 0.0220. The van der Waals surface area contributed by atoms with Gasteiger partial charge in [-0.15, -0.1) is 0 Å². The van der Waals surface area contributed by atoms with Gasteiger partial charge < -0.3 is 9.71 Å². The Bertz CT molecular complexity index is 2160. The van der Waals surface area contributed by atoms with Gasteiger partial charge in [-0.25, -0.2) is 0 Å². The molecular formula is C45H49BN2. The molecule has 5 aromatic carbocycles. The van der Waals surface area contributed by atoms with E-state index in [9.17, 15) is 0 Å². The van der Waals surface area contributed by atoms with Crippen molar-refractivity contribution in [1.29, 1.82) is 0 Å². The van der Waals surface area contributed by atoms with Gasteiger partial charge in [0.1, 0.15) is 0 Å². The van der Waals surface area contributed by atoms with Crippen LogP contribution in [0.5, 0.6) is 0 Å². The average Bonchev–Trinajstić information content (AvgIpc) is 3.25. The molecule has 4 aliphatic rings. The van der Waals surface area contributed by atoms with E-state index >= 15 is 0 Å². The van der Waals surface area contributed by atoms with E-state index in [1.807, 2.05) is 0 Å². The molecule has 0 aromatic heterocycles. The molecule has 0 bridgehead atoms. The van der Waals surface area contributed by atoms with Crippen LogP contribution in [-0.4, -0.2) is 12.4 Å². The lowest BCUT2D eigenvalue weighted by Crippen LogP contribution is -2.64. The Morgan fingerprint density at radius 2 is 1.33 bits per heavy atom. The van der Waals surface area contributed by atoms with Gasteiger partial charge in [-0.1, -0.05) is 116 Å². The fraction of sp³-hybridized carbons (Fsp3) is 0.378. The Morgan fingerprint density at radius 3 is 2.02 bits per heavy atom. The van der Waals surface area contributed by atoms with Crippen molar-refractivity contribution in [2.24, 2.45) is 0 Å². The summed E-state index contributed by atoms with van der Waals surface area (Å²) < 4.78 is 0. The molecule has 3 heteroatoms. The van der Waals surface area contributed by atoms with Crippen molar-refractivity contribution < 1.29 is 0 Å². The zero-order valence-electron chi connectivity index (χ0n) is 30.4. The molecule has 48 heavy (non-hydrogen) atoms. The second-order valence-corrected chi connectivity index (χ2v) is 17.9. The van der Waals surface area contributed by atoms with Crippen LogP contribution in [0.4, 0.5) is 22.7 Å². The highest BCUT2D eigenvalue weighted by atomic mass is 15.3. The van der Waals surface area contributed by atoms with Crippen LogP contribution in [0.3, 0.4) is 0 Å². The predicted molar refractivity (Wildman–Crippen MR) is 208 cm³/mol. The Labute approximate surface area is 288 Å². The van der Waals surface area contributed by atoms with Gasteiger partial charge in [-0.05, 0) is 117 Å². The third kappa shape index (κ3) is 3.88. The molecule has 2 unspecified atom stereocenters. The molecule has 1 saturated carbocycles. The smallest absolute Gasteiger partial charge is 0.333 e. The molecule has 2 nitrogen and oxygen atoms in total. The number of fused-ring (bicyclic) bond motifs is 8. The number of hydrogen-bond donors (Lipinski definition) is 0. The highest BCUT2D eigenvalue weighted by molar-refractivity contribution is 6.93. The molecule has 0 spiro atoms. The molecule has 3 heterocycles. The summed E-state index contributed by atoms with van der Waals surface area (Å²) in [6, 6.07) is 33.6. The second-order valence-electron chi connectivity index (χ2n) is 17.9. The summed E-state index contributed by atoms with van der Waals surface area (Å²) >= 11 is 0. The van der Waals surface area contributed by atoms with Gasteiger partial charge >= 0.3 is 6.85 Å². The Balaban J connectivity index is 1.43. The molecule has 5 aromatic rings. The van der Waals surface area contributed by atoms with Crippen LogP contribution in [-0.2, 0) is 16.2 Å². The second kappa shape index (κ2) is 9.59. The zero-order chi connectivity index (χ0) is 33.5. The van der Waals surface area contributed by atoms with Gasteiger partial charge in [0.05, 0.1) is 5.54 Å². The predicted octanol–water partition coefficient (Wildman–Crippen LogP) is 10.7. The molecule has 242 valence electrons. The molecule has 3 aliphatic heterocycles. The summed E-state index contributed by atoms with van der Waals surface area (Å²) in [5.74, 6) is 0. The Morgan fingerprint density at radius 1 is 0.667 bits per heavy atom. The number of rotatable bonds is 1. The quantitative estimate of drug-likeness (QED) is 0.171. The van der Waals surface area contributed by atoms with E-state index in [-0.39, 0.29) is 28.6 Å². The number of benzene rings is 5. The van der Waals surface area contributed by atoms with Crippen LogP contribution in [0, 0.1) is 6.92 Å². The first-order chi connectivity index (χ1) is 22.7. The van der Waals surface area contributed by atoms with Gasteiger partial charge in [0.25, 0.3) is 0 Å². The van der Waals surface area contributed by atoms with Crippen LogP contribution in [0.15, 0.2) is 84.9 Å². The maximum atomic E-state index is 2.86. The van der Waals surface area contributed by atoms with Crippen LogP contribution in [0.2, 0.25) is 0 Å². The molecule has 1 fully saturated rings. The normalized spacial score (nSPS) is 22.4. The third-order valence-corrected chi connectivity index (χ3v) is 12.9. The number of nitrogens with zero attached hydrogens (tertiary/aromatic N) is 2. The van der Waals surface area contributed by atoms with E-state index in [1.165, 1.54) is 97.9 Å². The molecule has 0 saturated heterocycles. The fourth-order valence-corrected chi connectivity index (χ4v) is 9.97. The number of anilines is 4. The van der Waals surface area contributed by atoms with Gasteiger partial charge in [-0.3, -0.25) is 0 Å². The van der Waals surface area contributed by atoms with Crippen LogP contribution < -0.4 is 20.6 Å². The SMILES string of the molecule is Cc1cc2c3c(c1)N1c4c(cc(C(C)(C)C)cc4C4(C)CCCCC14C)B3N(c1ccc(C(C)(C)C)cc1)c1cc3ccccc3cc1-2. The summed E-state index contributed by atoms with van der Waals surface area (Å²) in [5, 5.41) is 2.59. The first-order valence-electron chi connectivity index (χ1n) is 18.3. The van der Waals surface area contributed by atoms with E-state index in [4.69, 9.17) is 0 Å². The Kier molecular flexibility index (Phi) is 6.01. The molecule has 0 N–H and O–H groups in total. The Hall–Kier alpha value is -3.98. The number of aryl methyl sites for hydroxylation is 1. The minimum absolute atomic E-state index is 0.0220. The monoisotopic (exact) mass is 628 g/mol. The summed E-state index contributed by atoms with van der Waals surface area (Å²) in [7, 11) is 0. The maximum absolute atomic E-state index is 2.86. The molecule has 9 rings (SSSR count). The van der Waals surface area contributed by atoms with Crippen molar-refractivity contribution in [2.45, 2.75) is 110 Å². The summed E-state index contributed by atoms with van der Waals surface area (Å²) in [4.78, 5) is 5.57. The van der Waals surface area contributed by atoms with Crippen molar-refractivity contribution in [2.75, 3.05) is 9.71 Å². The fourth-order valence-electron chi connectivity index (χ4n) is 9.97. The van der Waals surface area contributed by atoms with Crippen molar-refractivity contribution >= 4 is 51.3 Å². The standard InChI is InChI=1S/C45H49BN2/c1-28-22-35-34-24-29-14-10-11-15-30(29)25-38(34)48(33-18-16-31(17-19-33)42(2,3)4)46-37-27-32(43(5,6)7)26-36-41(37)47(39(23-28)40(35)46)45(9)21-13-12-20-44(36,45)8/h10-11,14-19,22-27H,12-13,20-21H2,1-9H3. The molecule has 1 aliphatic carbocycles. The molecule has 0 amide bonds. The van der Waals surface area contributed by atoms with Gasteiger partial charge in [0.2, 0.25) is 0 Å². The van der Waals surface area contributed by atoms with Crippen LogP contribution in [0.1, 0.15) is 103 Å². The maximum Gasteiger partial charge on any atom is 0.333 e. The first kappa shape index (κ1) is 30.1. The lowest BCUT2D eigenvalue weighted by atomic mass is 9.43. The third-order valence-electron chi connectivity index (χ3n) is 12.9. The first-order valence-corrected chi connectivity index (χ1v) is 18.3. The van der Waals surface area contributed by atoms with Gasteiger partial charge in [-0.2, -0.15) is 0 Å². The van der Waals surface area contributed by atoms with Gasteiger partial charge in [0, 0.05) is 33.7 Å². The van der Waals surface area contributed by atoms with E-state index in [0.717, 1.165) is 0 Å².